The predicted molar refractivity (Wildman–Crippen MR) is 89.4 cm³/mol. The number of piperidine rings is 1. The van der Waals surface area contributed by atoms with Crippen LogP contribution in [-0.2, 0) is 10.8 Å². The Bertz CT molecular complexity index is 707. The van der Waals surface area contributed by atoms with E-state index in [4.69, 9.17) is 0 Å². The van der Waals surface area contributed by atoms with Crippen molar-refractivity contribution in [2.45, 2.75) is 43.6 Å². The summed E-state index contributed by atoms with van der Waals surface area (Å²) < 4.78 is 0. The van der Waals surface area contributed by atoms with Crippen LogP contribution in [0.5, 0.6) is 5.75 Å². The smallest absolute Gasteiger partial charge is 0.115 e. The molecule has 0 aromatic heterocycles. The van der Waals surface area contributed by atoms with E-state index in [-0.39, 0.29) is 10.8 Å². The van der Waals surface area contributed by atoms with Gasteiger partial charge in [-0.1, -0.05) is 50.2 Å². The molecular formula is C20H23NO. The van der Waals surface area contributed by atoms with Crippen molar-refractivity contribution in [2.75, 3.05) is 6.54 Å². The first-order valence-corrected chi connectivity index (χ1v) is 8.17. The monoisotopic (exact) mass is 293 g/mol. The lowest BCUT2D eigenvalue weighted by Gasteiger charge is -2.54. The van der Waals surface area contributed by atoms with Crippen LogP contribution in [0.15, 0.2) is 48.5 Å². The second-order valence-corrected chi connectivity index (χ2v) is 7.36. The van der Waals surface area contributed by atoms with E-state index in [9.17, 15) is 5.11 Å². The van der Waals surface area contributed by atoms with Gasteiger partial charge in [-0.3, -0.25) is 0 Å². The lowest BCUT2D eigenvalue weighted by Crippen LogP contribution is -2.59. The first kappa shape index (κ1) is 13.8. The third kappa shape index (κ3) is 1.77. The van der Waals surface area contributed by atoms with Gasteiger partial charge >= 0.3 is 0 Å². The number of nitrogens with one attached hydrogen (secondary N) is 1. The molecule has 0 amide bonds. The van der Waals surface area contributed by atoms with E-state index in [1.165, 1.54) is 16.7 Å². The molecule has 2 atom stereocenters. The van der Waals surface area contributed by atoms with E-state index in [2.05, 4.69) is 55.6 Å². The number of aromatic hydroxyl groups is 1. The van der Waals surface area contributed by atoms with Gasteiger partial charge in [0.1, 0.15) is 5.75 Å². The Kier molecular flexibility index (Phi) is 2.89. The summed E-state index contributed by atoms with van der Waals surface area (Å²) in [6, 6.07) is 17.3. The summed E-state index contributed by atoms with van der Waals surface area (Å²) in [4.78, 5) is 0. The maximum absolute atomic E-state index is 10.1. The Morgan fingerprint density at radius 3 is 2.59 bits per heavy atom. The van der Waals surface area contributed by atoms with Crippen molar-refractivity contribution in [3.05, 3.63) is 65.2 Å². The molecule has 2 aliphatic rings. The van der Waals surface area contributed by atoms with Crippen molar-refractivity contribution in [1.82, 2.24) is 5.32 Å². The van der Waals surface area contributed by atoms with Gasteiger partial charge in [0.15, 0.2) is 0 Å². The molecule has 2 bridgehead atoms. The van der Waals surface area contributed by atoms with Crippen LogP contribution in [0, 0.1) is 0 Å². The Hall–Kier alpha value is -1.80. The largest absolute Gasteiger partial charge is 0.508 e. The quantitative estimate of drug-likeness (QED) is 0.840. The van der Waals surface area contributed by atoms with E-state index < -0.39 is 0 Å². The van der Waals surface area contributed by atoms with E-state index >= 15 is 0 Å². The van der Waals surface area contributed by atoms with Gasteiger partial charge in [-0.15, -0.1) is 0 Å². The third-order valence-electron chi connectivity index (χ3n) is 5.91. The van der Waals surface area contributed by atoms with Gasteiger partial charge in [0, 0.05) is 16.9 Å². The maximum atomic E-state index is 10.1. The summed E-state index contributed by atoms with van der Waals surface area (Å²) in [6.07, 6.45) is 2.18. The number of hydrogen-bond donors (Lipinski definition) is 2. The zero-order chi connectivity index (χ0) is 15.4. The summed E-state index contributed by atoms with van der Waals surface area (Å²) in [6.45, 7) is 5.67. The minimum absolute atomic E-state index is 0.0285. The van der Waals surface area contributed by atoms with Gasteiger partial charge in [-0.05, 0) is 48.2 Å². The van der Waals surface area contributed by atoms with Crippen molar-refractivity contribution in [3.63, 3.8) is 0 Å². The average molecular weight is 293 g/mol. The number of phenolic OH excluding ortho intramolecular Hbond substituents is 1. The molecule has 114 valence electrons. The van der Waals surface area contributed by atoms with E-state index in [0.717, 1.165) is 19.4 Å². The summed E-state index contributed by atoms with van der Waals surface area (Å²) in [5.41, 5.74) is 4.19. The van der Waals surface area contributed by atoms with Crippen molar-refractivity contribution < 1.29 is 5.11 Å². The summed E-state index contributed by atoms with van der Waals surface area (Å²) >= 11 is 0. The predicted octanol–water partition coefficient (Wildman–Crippen LogP) is 3.72. The van der Waals surface area contributed by atoms with Crippen LogP contribution in [0.3, 0.4) is 0 Å². The van der Waals surface area contributed by atoms with Gasteiger partial charge in [-0.25, -0.2) is 0 Å². The van der Waals surface area contributed by atoms with Crippen LogP contribution < -0.4 is 5.32 Å². The molecule has 2 aromatic carbocycles. The van der Waals surface area contributed by atoms with Gasteiger partial charge in [0.05, 0.1) is 0 Å². The molecule has 2 unspecified atom stereocenters. The first-order chi connectivity index (χ1) is 10.5. The van der Waals surface area contributed by atoms with Gasteiger partial charge in [0.25, 0.3) is 0 Å². The van der Waals surface area contributed by atoms with Crippen LogP contribution in [0.25, 0.3) is 0 Å². The molecule has 2 N–H and O–H groups in total. The lowest BCUT2D eigenvalue weighted by molar-refractivity contribution is 0.191. The van der Waals surface area contributed by atoms with Crippen molar-refractivity contribution >= 4 is 0 Å². The highest BCUT2D eigenvalue weighted by molar-refractivity contribution is 5.53. The fraction of sp³-hybridized carbons (Fsp3) is 0.400. The molecule has 22 heavy (non-hydrogen) atoms. The van der Waals surface area contributed by atoms with Crippen molar-refractivity contribution in [3.8, 4) is 5.75 Å². The normalized spacial score (nSPS) is 28.9. The molecule has 0 saturated carbocycles. The van der Waals surface area contributed by atoms with Crippen LogP contribution in [0.4, 0.5) is 0 Å². The second kappa shape index (κ2) is 4.60. The number of hydrogen-bond acceptors (Lipinski definition) is 2. The number of fused-ring (bicyclic) bond motifs is 4. The zero-order valence-corrected chi connectivity index (χ0v) is 13.3. The Morgan fingerprint density at radius 2 is 1.82 bits per heavy atom. The Labute approximate surface area is 132 Å². The standard InChI is InChI=1S/C20H23NO/c1-19(2)16-9-8-15(22)12-17(16)20(10-11-21-18(19)13-20)14-6-4-3-5-7-14/h3-9,12,18,21-22H,10-11,13H2,1-2H3. The molecule has 0 spiro atoms. The molecule has 2 heteroatoms. The highest BCUT2D eigenvalue weighted by atomic mass is 16.3. The van der Waals surface area contributed by atoms with Gasteiger partial charge in [0.2, 0.25) is 0 Å². The maximum Gasteiger partial charge on any atom is 0.115 e. The average Bonchev–Trinajstić information content (AvgIpc) is 2.54. The first-order valence-electron chi connectivity index (χ1n) is 8.17. The number of benzene rings is 2. The molecule has 4 rings (SSSR count). The van der Waals surface area contributed by atoms with Gasteiger partial charge < -0.3 is 10.4 Å². The molecule has 0 radical (unpaired) electrons. The van der Waals surface area contributed by atoms with Crippen molar-refractivity contribution in [2.24, 2.45) is 0 Å². The third-order valence-corrected chi connectivity index (χ3v) is 5.91. The van der Waals surface area contributed by atoms with E-state index in [0.29, 0.717) is 11.8 Å². The topological polar surface area (TPSA) is 32.3 Å². The van der Waals surface area contributed by atoms with E-state index in [1.807, 2.05) is 12.1 Å². The summed E-state index contributed by atoms with van der Waals surface area (Å²) in [5, 5.41) is 13.8. The van der Waals surface area contributed by atoms with E-state index in [1.54, 1.807) is 0 Å². The Morgan fingerprint density at radius 1 is 1.05 bits per heavy atom. The molecule has 2 nitrogen and oxygen atoms in total. The fourth-order valence-corrected chi connectivity index (χ4v) is 4.59. The minimum Gasteiger partial charge on any atom is -0.508 e. The summed E-state index contributed by atoms with van der Waals surface area (Å²) in [5.74, 6) is 0.377. The molecule has 1 saturated heterocycles. The van der Waals surface area contributed by atoms with Crippen LogP contribution in [0.1, 0.15) is 43.4 Å². The molecule has 1 aliphatic carbocycles. The molecular weight excluding hydrogens is 270 g/mol. The SMILES string of the molecule is CC1(C)c2ccc(O)cc2C2(c3ccccc3)CCNC1C2. The Balaban J connectivity index is 2.01. The minimum atomic E-state index is 0.0285. The van der Waals surface area contributed by atoms with Crippen LogP contribution in [-0.4, -0.2) is 17.7 Å². The van der Waals surface area contributed by atoms with Crippen molar-refractivity contribution in [1.29, 1.82) is 0 Å². The lowest BCUT2D eigenvalue weighted by atomic mass is 9.54. The summed E-state index contributed by atoms with van der Waals surface area (Å²) in [7, 11) is 0. The molecule has 1 aliphatic heterocycles. The van der Waals surface area contributed by atoms with Crippen LogP contribution >= 0.6 is 0 Å². The van der Waals surface area contributed by atoms with Crippen LogP contribution in [0.2, 0.25) is 0 Å². The molecule has 1 fully saturated rings. The number of phenols is 1. The zero-order valence-electron chi connectivity index (χ0n) is 13.3. The fourth-order valence-electron chi connectivity index (χ4n) is 4.59. The van der Waals surface area contributed by atoms with Gasteiger partial charge in [-0.2, -0.15) is 0 Å². The second-order valence-electron chi connectivity index (χ2n) is 7.36. The highest BCUT2D eigenvalue weighted by Gasteiger charge is 2.51. The molecule has 2 aromatic rings. The molecule has 1 heterocycles. The highest BCUT2D eigenvalue weighted by Crippen LogP contribution is 2.53. The number of rotatable bonds is 1.